The first-order valence-electron chi connectivity index (χ1n) is 7.12. The molecule has 1 radical (unpaired) electrons. The molecule has 103 valence electrons. The first-order valence-corrected chi connectivity index (χ1v) is 7.12. The fourth-order valence-electron chi connectivity index (χ4n) is 2.27. The highest BCUT2D eigenvalue weighted by Gasteiger charge is 2.18. The molecule has 1 aliphatic carbocycles. The minimum absolute atomic E-state index is 0.416. The van der Waals surface area contributed by atoms with Crippen LogP contribution in [0.5, 0.6) is 0 Å². The van der Waals surface area contributed by atoms with Gasteiger partial charge in [-0.1, -0.05) is 44.7 Å². The van der Waals surface area contributed by atoms with Crippen LogP contribution in [-0.4, -0.2) is 5.97 Å². The summed E-state index contributed by atoms with van der Waals surface area (Å²) in [6.45, 7) is 2.14. The molecule has 1 fully saturated rings. The Kier molecular flexibility index (Phi) is 5.40. The number of hydrogen-bond acceptors (Lipinski definition) is 3. The number of rotatable bonds is 5. The Bertz CT molecular complexity index is 391. The summed E-state index contributed by atoms with van der Waals surface area (Å²) in [4.78, 5) is 21.8. The zero-order valence-electron chi connectivity index (χ0n) is 11.5. The van der Waals surface area contributed by atoms with Crippen LogP contribution < -0.4 is 0 Å². The number of carbonyl (C=O) groups is 1. The van der Waals surface area contributed by atoms with E-state index in [1.54, 1.807) is 12.1 Å². The second-order valence-corrected chi connectivity index (χ2v) is 5.00. The molecule has 1 aromatic carbocycles. The van der Waals surface area contributed by atoms with Gasteiger partial charge in [0.15, 0.2) is 0 Å². The minimum Gasteiger partial charge on any atom is -0.292 e. The van der Waals surface area contributed by atoms with Crippen molar-refractivity contribution in [2.45, 2.75) is 51.9 Å². The van der Waals surface area contributed by atoms with E-state index in [4.69, 9.17) is 9.78 Å². The Morgan fingerprint density at radius 1 is 1.11 bits per heavy atom. The third-order valence-corrected chi connectivity index (χ3v) is 3.37. The van der Waals surface area contributed by atoms with Gasteiger partial charge >= 0.3 is 5.97 Å². The summed E-state index contributed by atoms with van der Waals surface area (Å²) in [6.07, 6.45) is 8.32. The van der Waals surface area contributed by atoms with E-state index in [0.717, 1.165) is 44.6 Å². The second kappa shape index (κ2) is 7.29. The molecule has 0 atom stereocenters. The van der Waals surface area contributed by atoms with Gasteiger partial charge in [-0.2, -0.15) is 4.89 Å². The maximum absolute atomic E-state index is 11.8. The van der Waals surface area contributed by atoms with Gasteiger partial charge in [0.25, 0.3) is 0 Å². The molecule has 19 heavy (non-hydrogen) atoms. The summed E-state index contributed by atoms with van der Waals surface area (Å²) < 4.78 is 0. The molecule has 0 aliphatic heterocycles. The van der Waals surface area contributed by atoms with Crippen LogP contribution in [0.1, 0.15) is 61.4 Å². The van der Waals surface area contributed by atoms with Crippen LogP contribution in [0.2, 0.25) is 0 Å². The third-order valence-electron chi connectivity index (χ3n) is 3.37. The Morgan fingerprint density at radius 2 is 1.79 bits per heavy atom. The molecular weight excluding hydrogens is 240 g/mol. The van der Waals surface area contributed by atoms with E-state index in [1.807, 2.05) is 12.1 Å². The summed E-state index contributed by atoms with van der Waals surface area (Å²) in [6, 6.07) is 7.52. The Hall–Kier alpha value is -1.35. The first kappa shape index (κ1) is 14.1. The van der Waals surface area contributed by atoms with Crippen molar-refractivity contribution in [1.82, 2.24) is 0 Å². The third kappa shape index (κ3) is 4.35. The summed E-state index contributed by atoms with van der Waals surface area (Å²) in [5.74, 6) is -0.416. The highest BCUT2D eigenvalue weighted by molar-refractivity contribution is 5.88. The molecule has 0 heterocycles. The molecule has 2 rings (SSSR count). The van der Waals surface area contributed by atoms with Crippen molar-refractivity contribution in [2.24, 2.45) is 0 Å². The Balaban J connectivity index is 1.81. The van der Waals surface area contributed by atoms with Gasteiger partial charge < -0.3 is 0 Å². The maximum Gasteiger partial charge on any atom is 0.373 e. The van der Waals surface area contributed by atoms with Gasteiger partial charge in [0.05, 0.1) is 5.56 Å². The lowest BCUT2D eigenvalue weighted by Crippen LogP contribution is -2.13. The first-order chi connectivity index (χ1) is 9.29. The molecular formula is C16H21O3. The lowest BCUT2D eigenvalue weighted by atomic mass is 9.98. The minimum atomic E-state index is -0.416. The highest BCUT2D eigenvalue weighted by atomic mass is 17.2. The average Bonchev–Trinajstić information content (AvgIpc) is 2.47. The van der Waals surface area contributed by atoms with Gasteiger partial charge in [0.2, 0.25) is 0 Å². The van der Waals surface area contributed by atoms with E-state index in [1.165, 1.54) is 12.0 Å². The zero-order chi connectivity index (χ0) is 13.5. The molecule has 0 amide bonds. The maximum atomic E-state index is 11.8. The van der Waals surface area contributed by atoms with E-state index < -0.39 is 5.97 Å². The van der Waals surface area contributed by atoms with Crippen LogP contribution in [-0.2, 0) is 16.2 Å². The fourth-order valence-corrected chi connectivity index (χ4v) is 2.27. The molecule has 0 N–H and O–H groups in total. The van der Waals surface area contributed by atoms with Crippen LogP contribution in [0.3, 0.4) is 0 Å². The smallest absolute Gasteiger partial charge is 0.292 e. The predicted octanol–water partition coefficient (Wildman–Crippen LogP) is 4.22. The van der Waals surface area contributed by atoms with Crippen molar-refractivity contribution < 1.29 is 14.6 Å². The molecule has 0 bridgehead atoms. The van der Waals surface area contributed by atoms with Crippen LogP contribution in [0.25, 0.3) is 0 Å². The van der Waals surface area contributed by atoms with E-state index in [2.05, 4.69) is 6.92 Å². The number of benzene rings is 1. The fraction of sp³-hybridized carbons (Fsp3) is 0.500. The van der Waals surface area contributed by atoms with E-state index in [-0.39, 0.29) is 0 Å². The molecule has 0 unspecified atom stereocenters. The quantitative estimate of drug-likeness (QED) is 0.588. The van der Waals surface area contributed by atoms with Gasteiger partial charge in [0, 0.05) is 0 Å². The summed E-state index contributed by atoms with van der Waals surface area (Å²) in [5.41, 5.74) is 1.78. The summed E-state index contributed by atoms with van der Waals surface area (Å²) >= 11 is 0. The van der Waals surface area contributed by atoms with E-state index in [0.29, 0.717) is 5.56 Å². The molecule has 1 aromatic rings. The van der Waals surface area contributed by atoms with Crippen LogP contribution in [0.4, 0.5) is 0 Å². The number of aryl methyl sites for hydroxylation is 1. The summed E-state index contributed by atoms with van der Waals surface area (Å²) in [7, 11) is 0. The summed E-state index contributed by atoms with van der Waals surface area (Å²) in [5, 5.41) is 0. The standard InChI is InChI=1S/C16H21O3/c1-2-6-13-9-11-14(12-10-13)16(17)19-18-15-7-4-3-5-8-15/h9-12H,2-8H2,1H3. The molecule has 1 aliphatic rings. The number of carbonyl (C=O) groups excluding carboxylic acids is 1. The van der Waals surface area contributed by atoms with Crippen molar-refractivity contribution in [3.05, 3.63) is 41.5 Å². The van der Waals surface area contributed by atoms with Gasteiger partial charge in [-0.25, -0.2) is 4.79 Å². The molecule has 0 spiro atoms. The van der Waals surface area contributed by atoms with E-state index >= 15 is 0 Å². The topological polar surface area (TPSA) is 35.5 Å². The molecule has 3 heteroatoms. The van der Waals surface area contributed by atoms with Crippen LogP contribution >= 0.6 is 0 Å². The zero-order valence-corrected chi connectivity index (χ0v) is 11.5. The SMILES string of the molecule is CCCc1ccc(C(=O)OO[C]2CCCCC2)cc1. The normalized spacial score (nSPS) is 16.3. The highest BCUT2D eigenvalue weighted by Crippen LogP contribution is 2.26. The van der Waals surface area contributed by atoms with Crippen LogP contribution in [0.15, 0.2) is 24.3 Å². The predicted molar refractivity (Wildman–Crippen MR) is 73.3 cm³/mol. The van der Waals surface area contributed by atoms with Crippen molar-refractivity contribution >= 4 is 5.97 Å². The second-order valence-electron chi connectivity index (χ2n) is 5.00. The van der Waals surface area contributed by atoms with Gasteiger partial charge in [0.1, 0.15) is 6.10 Å². The van der Waals surface area contributed by atoms with E-state index in [9.17, 15) is 4.79 Å². The Labute approximate surface area is 114 Å². The van der Waals surface area contributed by atoms with Gasteiger partial charge in [-0.15, -0.1) is 0 Å². The van der Waals surface area contributed by atoms with Gasteiger partial charge in [-0.05, 0) is 37.0 Å². The van der Waals surface area contributed by atoms with Crippen molar-refractivity contribution in [2.75, 3.05) is 0 Å². The van der Waals surface area contributed by atoms with Gasteiger partial charge in [-0.3, -0.25) is 4.89 Å². The van der Waals surface area contributed by atoms with Crippen molar-refractivity contribution in [3.8, 4) is 0 Å². The molecule has 0 saturated heterocycles. The lowest BCUT2D eigenvalue weighted by molar-refractivity contribution is -0.239. The van der Waals surface area contributed by atoms with Crippen molar-refractivity contribution in [3.63, 3.8) is 0 Å². The lowest BCUT2D eigenvalue weighted by Gasteiger charge is -2.18. The average molecular weight is 261 g/mol. The van der Waals surface area contributed by atoms with Crippen molar-refractivity contribution in [1.29, 1.82) is 0 Å². The van der Waals surface area contributed by atoms with Crippen LogP contribution in [0, 0.1) is 6.10 Å². The molecule has 3 nitrogen and oxygen atoms in total. The molecule has 1 saturated carbocycles. The monoisotopic (exact) mass is 261 g/mol. The Morgan fingerprint density at radius 3 is 2.42 bits per heavy atom. The largest absolute Gasteiger partial charge is 0.373 e. The molecule has 0 aromatic heterocycles. The number of hydrogen-bond donors (Lipinski definition) is 0.